The molecule has 1 saturated carbocycles. The number of thiazole rings is 1. The van der Waals surface area contributed by atoms with Crippen molar-refractivity contribution in [2.75, 3.05) is 13.2 Å². The molecule has 0 aliphatic heterocycles. The first-order valence-electron chi connectivity index (χ1n) is 5.12. The highest BCUT2D eigenvalue weighted by Crippen LogP contribution is 2.25. The van der Waals surface area contributed by atoms with Gasteiger partial charge in [0.2, 0.25) is 0 Å². The zero-order valence-electron chi connectivity index (χ0n) is 8.22. The molecule has 0 bridgehead atoms. The Hall–Kier alpha value is -0.450. The van der Waals surface area contributed by atoms with Gasteiger partial charge in [-0.15, -0.1) is 11.3 Å². The van der Waals surface area contributed by atoms with Gasteiger partial charge in [0.1, 0.15) is 0 Å². The minimum atomic E-state index is 0.251. The SMILES string of the molecule is OCCN(Cc1cscn1)C1CCC1. The van der Waals surface area contributed by atoms with Gasteiger partial charge in [-0.2, -0.15) is 0 Å². The van der Waals surface area contributed by atoms with Gasteiger partial charge in [-0.3, -0.25) is 4.90 Å². The van der Waals surface area contributed by atoms with Gasteiger partial charge in [-0.1, -0.05) is 6.42 Å². The molecule has 0 spiro atoms. The fourth-order valence-electron chi connectivity index (χ4n) is 1.79. The smallest absolute Gasteiger partial charge is 0.0795 e. The number of aromatic nitrogens is 1. The summed E-state index contributed by atoms with van der Waals surface area (Å²) in [5, 5.41) is 11.1. The Bertz CT molecular complexity index is 259. The molecule has 1 aliphatic carbocycles. The molecule has 0 amide bonds. The van der Waals surface area contributed by atoms with Gasteiger partial charge in [-0.25, -0.2) is 4.98 Å². The van der Waals surface area contributed by atoms with E-state index in [1.54, 1.807) is 11.3 Å². The van der Waals surface area contributed by atoms with Crippen LogP contribution in [0, 0.1) is 0 Å². The Labute approximate surface area is 88.4 Å². The summed E-state index contributed by atoms with van der Waals surface area (Å²) in [5.74, 6) is 0. The van der Waals surface area contributed by atoms with Gasteiger partial charge in [-0.05, 0) is 12.8 Å². The number of hydrogen-bond acceptors (Lipinski definition) is 4. The van der Waals surface area contributed by atoms with Crippen LogP contribution in [0.1, 0.15) is 25.0 Å². The summed E-state index contributed by atoms with van der Waals surface area (Å²) in [6.07, 6.45) is 3.90. The minimum absolute atomic E-state index is 0.251. The van der Waals surface area contributed by atoms with Crippen LogP contribution in [0.3, 0.4) is 0 Å². The summed E-state index contributed by atoms with van der Waals surface area (Å²) in [5.41, 5.74) is 3.00. The lowest BCUT2D eigenvalue weighted by Gasteiger charge is -2.36. The van der Waals surface area contributed by atoms with Gasteiger partial charge >= 0.3 is 0 Å². The zero-order chi connectivity index (χ0) is 9.80. The molecule has 2 rings (SSSR count). The van der Waals surface area contributed by atoms with Crippen molar-refractivity contribution >= 4 is 11.3 Å². The quantitative estimate of drug-likeness (QED) is 0.803. The van der Waals surface area contributed by atoms with Crippen molar-refractivity contribution in [1.29, 1.82) is 0 Å². The second kappa shape index (κ2) is 4.87. The standard InChI is InChI=1S/C10H16N2OS/c13-5-4-12(10-2-1-3-10)6-9-7-14-8-11-9/h7-8,10,13H,1-6H2. The van der Waals surface area contributed by atoms with Gasteiger partial charge in [0.05, 0.1) is 17.8 Å². The summed E-state index contributed by atoms with van der Waals surface area (Å²) >= 11 is 1.64. The largest absolute Gasteiger partial charge is 0.395 e. The highest BCUT2D eigenvalue weighted by atomic mass is 32.1. The van der Waals surface area contributed by atoms with E-state index in [2.05, 4.69) is 15.3 Å². The summed E-state index contributed by atoms with van der Waals surface area (Å²) < 4.78 is 0. The maximum atomic E-state index is 8.97. The average Bonchev–Trinajstić information content (AvgIpc) is 2.54. The molecule has 4 heteroatoms. The Morgan fingerprint density at radius 2 is 2.43 bits per heavy atom. The molecule has 0 radical (unpaired) electrons. The van der Waals surface area contributed by atoms with Crippen LogP contribution in [-0.4, -0.2) is 34.2 Å². The lowest BCUT2D eigenvalue weighted by atomic mass is 9.91. The van der Waals surface area contributed by atoms with Crippen LogP contribution in [0.25, 0.3) is 0 Å². The van der Waals surface area contributed by atoms with Crippen LogP contribution >= 0.6 is 11.3 Å². The third-order valence-corrected chi connectivity index (χ3v) is 3.46. The highest BCUT2D eigenvalue weighted by Gasteiger charge is 2.24. The minimum Gasteiger partial charge on any atom is -0.395 e. The number of aliphatic hydroxyl groups excluding tert-OH is 1. The second-order valence-electron chi connectivity index (χ2n) is 3.76. The number of aliphatic hydroxyl groups is 1. The molecule has 1 heterocycles. The molecule has 0 aromatic carbocycles. The van der Waals surface area contributed by atoms with Crippen LogP contribution in [0.15, 0.2) is 10.9 Å². The Morgan fingerprint density at radius 3 is 2.93 bits per heavy atom. The predicted octanol–water partition coefficient (Wildman–Crippen LogP) is 1.49. The molecule has 1 aromatic rings. The molecule has 14 heavy (non-hydrogen) atoms. The second-order valence-corrected chi connectivity index (χ2v) is 4.48. The van der Waals surface area contributed by atoms with E-state index in [0.29, 0.717) is 6.04 Å². The Kier molecular flexibility index (Phi) is 3.50. The zero-order valence-corrected chi connectivity index (χ0v) is 9.04. The molecule has 0 saturated heterocycles. The van der Waals surface area contributed by atoms with Gasteiger partial charge < -0.3 is 5.11 Å². The maximum absolute atomic E-state index is 8.97. The fraction of sp³-hybridized carbons (Fsp3) is 0.700. The van der Waals surface area contributed by atoms with Crippen molar-refractivity contribution in [2.45, 2.75) is 31.8 Å². The van der Waals surface area contributed by atoms with Crippen LogP contribution < -0.4 is 0 Å². The van der Waals surface area contributed by atoms with Crippen LogP contribution in [0.5, 0.6) is 0 Å². The molecule has 78 valence electrons. The molecule has 0 unspecified atom stereocenters. The summed E-state index contributed by atoms with van der Waals surface area (Å²) in [7, 11) is 0. The Morgan fingerprint density at radius 1 is 1.57 bits per heavy atom. The van der Waals surface area contributed by atoms with Crippen molar-refractivity contribution in [1.82, 2.24) is 9.88 Å². The highest BCUT2D eigenvalue weighted by molar-refractivity contribution is 7.07. The summed E-state index contributed by atoms with van der Waals surface area (Å²) in [6, 6.07) is 0.684. The first-order valence-corrected chi connectivity index (χ1v) is 6.06. The van der Waals surface area contributed by atoms with Gasteiger partial charge in [0, 0.05) is 24.5 Å². The van der Waals surface area contributed by atoms with Crippen molar-refractivity contribution in [3.8, 4) is 0 Å². The van der Waals surface area contributed by atoms with E-state index in [1.807, 2.05) is 5.51 Å². The van der Waals surface area contributed by atoms with E-state index in [4.69, 9.17) is 5.11 Å². The van der Waals surface area contributed by atoms with E-state index in [1.165, 1.54) is 19.3 Å². The summed E-state index contributed by atoms with van der Waals surface area (Å²) in [4.78, 5) is 6.62. The van der Waals surface area contributed by atoms with Crippen molar-refractivity contribution in [2.24, 2.45) is 0 Å². The summed E-state index contributed by atoms with van der Waals surface area (Å²) in [6.45, 7) is 1.93. The first kappa shape index (κ1) is 10.1. The van der Waals surface area contributed by atoms with Crippen molar-refractivity contribution < 1.29 is 5.11 Å². The van der Waals surface area contributed by atoms with Crippen molar-refractivity contribution in [3.05, 3.63) is 16.6 Å². The number of hydrogen-bond donors (Lipinski definition) is 1. The monoisotopic (exact) mass is 212 g/mol. The average molecular weight is 212 g/mol. The molecule has 1 aliphatic rings. The van der Waals surface area contributed by atoms with Gasteiger partial charge in [0.15, 0.2) is 0 Å². The third kappa shape index (κ3) is 2.32. The predicted molar refractivity (Wildman–Crippen MR) is 57.2 cm³/mol. The molecule has 1 N–H and O–H groups in total. The van der Waals surface area contributed by atoms with Crippen molar-refractivity contribution in [3.63, 3.8) is 0 Å². The van der Waals surface area contributed by atoms with E-state index < -0.39 is 0 Å². The van der Waals surface area contributed by atoms with E-state index in [0.717, 1.165) is 18.8 Å². The third-order valence-electron chi connectivity index (χ3n) is 2.83. The molecular formula is C10H16N2OS. The lowest BCUT2D eigenvalue weighted by molar-refractivity contribution is 0.0935. The number of nitrogens with zero attached hydrogens (tertiary/aromatic N) is 2. The lowest BCUT2D eigenvalue weighted by Crippen LogP contribution is -2.41. The van der Waals surface area contributed by atoms with E-state index in [-0.39, 0.29) is 6.61 Å². The van der Waals surface area contributed by atoms with E-state index in [9.17, 15) is 0 Å². The topological polar surface area (TPSA) is 36.4 Å². The van der Waals surface area contributed by atoms with Gasteiger partial charge in [0.25, 0.3) is 0 Å². The van der Waals surface area contributed by atoms with Crippen LogP contribution in [0.2, 0.25) is 0 Å². The first-order chi connectivity index (χ1) is 6.90. The molecule has 3 nitrogen and oxygen atoms in total. The number of rotatable bonds is 5. The molecule has 0 atom stereocenters. The van der Waals surface area contributed by atoms with Crippen LogP contribution in [-0.2, 0) is 6.54 Å². The molecule has 1 fully saturated rings. The normalized spacial score (nSPS) is 17.3. The molecule has 1 aromatic heterocycles. The fourth-order valence-corrected chi connectivity index (χ4v) is 2.34. The Balaban J connectivity index is 1.89. The van der Waals surface area contributed by atoms with Crippen LogP contribution in [0.4, 0.5) is 0 Å². The molecular weight excluding hydrogens is 196 g/mol. The van der Waals surface area contributed by atoms with E-state index >= 15 is 0 Å². The maximum Gasteiger partial charge on any atom is 0.0795 e.